The van der Waals surface area contributed by atoms with Gasteiger partial charge in [-0.1, -0.05) is 19.8 Å². The molecule has 1 saturated heterocycles. The Bertz CT molecular complexity index is 171. The molecule has 3 unspecified atom stereocenters. The summed E-state index contributed by atoms with van der Waals surface area (Å²) in [5.41, 5.74) is 0. The molecule has 2 nitrogen and oxygen atoms in total. The van der Waals surface area contributed by atoms with Crippen LogP contribution in [0.5, 0.6) is 0 Å². The van der Waals surface area contributed by atoms with Gasteiger partial charge >= 0.3 is 0 Å². The second-order valence-corrected chi connectivity index (χ2v) is 4.71. The van der Waals surface area contributed by atoms with Gasteiger partial charge in [0.15, 0.2) is 0 Å². The summed E-state index contributed by atoms with van der Waals surface area (Å²) in [4.78, 5) is 2.51. The van der Waals surface area contributed by atoms with Gasteiger partial charge in [-0.2, -0.15) is 0 Å². The molecule has 1 N–H and O–H groups in total. The Labute approximate surface area is 80.9 Å². The van der Waals surface area contributed by atoms with Crippen molar-refractivity contribution in [2.24, 2.45) is 11.8 Å². The van der Waals surface area contributed by atoms with Gasteiger partial charge in [0, 0.05) is 19.1 Å². The number of nitrogens with zero attached hydrogens (tertiary/aromatic N) is 1. The fourth-order valence-corrected chi connectivity index (χ4v) is 3.28. The molecule has 76 valence electrons. The summed E-state index contributed by atoms with van der Waals surface area (Å²) in [5.74, 6) is 1.79. The summed E-state index contributed by atoms with van der Waals surface area (Å²) in [5, 5.41) is 8.96. The summed E-state index contributed by atoms with van der Waals surface area (Å²) >= 11 is 0. The van der Waals surface area contributed by atoms with Crippen molar-refractivity contribution >= 4 is 0 Å². The number of aliphatic hydroxyl groups is 1. The molecule has 1 heterocycles. The van der Waals surface area contributed by atoms with Gasteiger partial charge in [-0.3, -0.25) is 4.90 Å². The van der Waals surface area contributed by atoms with E-state index in [2.05, 4.69) is 11.8 Å². The first-order valence-corrected chi connectivity index (χ1v) is 5.68. The van der Waals surface area contributed by atoms with Gasteiger partial charge in [0.1, 0.15) is 0 Å². The summed E-state index contributed by atoms with van der Waals surface area (Å²) in [6.07, 6.45) is 5.62. The quantitative estimate of drug-likeness (QED) is 0.701. The molecule has 0 aromatic heterocycles. The standard InChI is InChI=1S/C11H21NO/c1-9-8-12(6-7-13)11-5-3-2-4-10(9)11/h9-11,13H,2-8H2,1H3. The normalized spacial score (nSPS) is 40.6. The highest BCUT2D eigenvalue weighted by molar-refractivity contribution is 4.93. The average molecular weight is 183 g/mol. The number of rotatable bonds is 2. The van der Waals surface area contributed by atoms with E-state index in [1.54, 1.807) is 0 Å². The van der Waals surface area contributed by atoms with Crippen LogP contribution in [0, 0.1) is 11.8 Å². The van der Waals surface area contributed by atoms with Crippen molar-refractivity contribution in [1.29, 1.82) is 0 Å². The van der Waals surface area contributed by atoms with Crippen LogP contribution in [0.2, 0.25) is 0 Å². The second kappa shape index (κ2) is 3.97. The Morgan fingerprint density at radius 2 is 2.08 bits per heavy atom. The summed E-state index contributed by atoms with van der Waals surface area (Å²) in [6.45, 7) is 4.82. The van der Waals surface area contributed by atoms with E-state index in [1.807, 2.05) is 0 Å². The molecule has 2 aliphatic rings. The molecule has 2 fully saturated rings. The van der Waals surface area contributed by atoms with Crippen molar-refractivity contribution in [3.05, 3.63) is 0 Å². The minimum Gasteiger partial charge on any atom is -0.395 e. The summed E-state index contributed by atoms with van der Waals surface area (Å²) in [6, 6.07) is 0.802. The number of hydrogen-bond donors (Lipinski definition) is 1. The van der Waals surface area contributed by atoms with E-state index in [4.69, 9.17) is 5.11 Å². The lowest BCUT2D eigenvalue weighted by Gasteiger charge is -2.31. The van der Waals surface area contributed by atoms with E-state index in [1.165, 1.54) is 32.2 Å². The number of hydrogen-bond acceptors (Lipinski definition) is 2. The summed E-state index contributed by atoms with van der Waals surface area (Å²) < 4.78 is 0. The number of aliphatic hydroxyl groups excluding tert-OH is 1. The highest BCUT2D eigenvalue weighted by Crippen LogP contribution is 2.39. The lowest BCUT2D eigenvalue weighted by atomic mass is 9.80. The van der Waals surface area contributed by atoms with Gasteiger partial charge in [-0.15, -0.1) is 0 Å². The Kier molecular flexibility index (Phi) is 2.89. The van der Waals surface area contributed by atoms with Gasteiger partial charge in [0.2, 0.25) is 0 Å². The molecule has 0 amide bonds. The van der Waals surface area contributed by atoms with Crippen molar-refractivity contribution in [3.8, 4) is 0 Å². The zero-order chi connectivity index (χ0) is 9.26. The van der Waals surface area contributed by atoms with E-state index < -0.39 is 0 Å². The van der Waals surface area contributed by atoms with Crippen LogP contribution >= 0.6 is 0 Å². The first kappa shape index (κ1) is 9.47. The Morgan fingerprint density at radius 1 is 1.31 bits per heavy atom. The zero-order valence-corrected chi connectivity index (χ0v) is 8.58. The van der Waals surface area contributed by atoms with Crippen LogP contribution in [-0.2, 0) is 0 Å². The maximum absolute atomic E-state index is 8.96. The minimum atomic E-state index is 0.329. The molecule has 0 bridgehead atoms. The molecule has 1 aliphatic heterocycles. The molecule has 13 heavy (non-hydrogen) atoms. The van der Waals surface area contributed by atoms with Crippen LogP contribution in [0.1, 0.15) is 32.6 Å². The summed E-state index contributed by atoms with van der Waals surface area (Å²) in [7, 11) is 0. The SMILES string of the molecule is CC1CN(CCO)C2CCCCC12. The second-order valence-electron chi connectivity index (χ2n) is 4.71. The monoisotopic (exact) mass is 183 g/mol. The average Bonchev–Trinajstić information content (AvgIpc) is 2.46. The molecule has 0 aromatic rings. The zero-order valence-electron chi connectivity index (χ0n) is 8.58. The topological polar surface area (TPSA) is 23.5 Å². The lowest BCUT2D eigenvalue weighted by molar-refractivity contribution is 0.146. The van der Waals surface area contributed by atoms with Crippen LogP contribution in [0.4, 0.5) is 0 Å². The van der Waals surface area contributed by atoms with E-state index in [0.717, 1.165) is 24.4 Å². The molecule has 2 heteroatoms. The molecule has 0 radical (unpaired) electrons. The van der Waals surface area contributed by atoms with E-state index in [-0.39, 0.29) is 0 Å². The third-order valence-electron chi connectivity index (χ3n) is 3.89. The largest absolute Gasteiger partial charge is 0.395 e. The third-order valence-corrected chi connectivity index (χ3v) is 3.89. The minimum absolute atomic E-state index is 0.329. The highest BCUT2D eigenvalue weighted by atomic mass is 16.3. The van der Waals surface area contributed by atoms with Crippen LogP contribution in [0.25, 0.3) is 0 Å². The number of likely N-dealkylation sites (tertiary alicyclic amines) is 1. The maximum atomic E-state index is 8.96. The van der Waals surface area contributed by atoms with Crippen LogP contribution in [0.15, 0.2) is 0 Å². The van der Waals surface area contributed by atoms with Gasteiger partial charge < -0.3 is 5.11 Å². The molecule has 1 aliphatic carbocycles. The van der Waals surface area contributed by atoms with Crippen molar-refractivity contribution in [2.75, 3.05) is 19.7 Å². The Balaban J connectivity index is 1.99. The fraction of sp³-hybridized carbons (Fsp3) is 1.00. The Hall–Kier alpha value is -0.0800. The van der Waals surface area contributed by atoms with Gasteiger partial charge in [-0.25, -0.2) is 0 Å². The van der Waals surface area contributed by atoms with Crippen molar-refractivity contribution in [3.63, 3.8) is 0 Å². The fourth-order valence-electron chi connectivity index (χ4n) is 3.28. The van der Waals surface area contributed by atoms with Gasteiger partial charge in [0.05, 0.1) is 6.61 Å². The highest BCUT2D eigenvalue weighted by Gasteiger charge is 2.39. The van der Waals surface area contributed by atoms with Crippen molar-refractivity contribution in [2.45, 2.75) is 38.6 Å². The number of β-amino-alcohol motifs (C(OH)–C–C–N with tert-alkyl or cyclic N) is 1. The molecular formula is C11H21NO. The molecular weight excluding hydrogens is 162 g/mol. The smallest absolute Gasteiger partial charge is 0.0558 e. The van der Waals surface area contributed by atoms with E-state index in [0.29, 0.717) is 6.61 Å². The van der Waals surface area contributed by atoms with Crippen LogP contribution in [0.3, 0.4) is 0 Å². The molecule has 3 atom stereocenters. The lowest BCUT2D eigenvalue weighted by Crippen LogP contribution is -2.36. The first-order chi connectivity index (χ1) is 6.33. The van der Waals surface area contributed by atoms with Crippen molar-refractivity contribution < 1.29 is 5.11 Å². The molecule has 0 aromatic carbocycles. The third kappa shape index (κ3) is 1.75. The van der Waals surface area contributed by atoms with E-state index >= 15 is 0 Å². The van der Waals surface area contributed by atoms with Gasteiger partial charge in [-0.05, 0) is 24.7 Å². The molecule has 0 spiro atoms. The maximum Gasteiger partial charge on any atom is 0.0558 e. The van der Waals surface area contributed by atoms with Crippen LogP contribution in [-0.4, -0.2) is 35.7 Å². The number of fused-ring (bicyclic) bond motifs is 1. The Morgan fingerprint density at radius 3 is 2.85 bits per heavy atom. The van der Waals surface area contributed by atoms with Crippen LogP contribution < -0.4 is 0 Å². The van der Waals surface area contributed by atoms with Crippen molar-refractivity contribution in [1.82, 2.24) is 4.90 Å². The van der Waals surface area contributed by atoms with Gasteiger partial charge in [0.25, 0.3) is 0 Å². The predicted molar refractivity (Wildman–Crippen MR) is 53.6 cm³/mol. The molecule has 1 saturated carbocycles. The first-order valence-electron chi connectivity index (χ1n) is 5.68. The van der Waals surface area contributed by atoms with E-state index in [9.17, 15) is 0 Å². The molecule has 2 rings (SSSR count). The predicted octanol–water partition coefficient (Wildman–Crippen LogP) is 1.49.